The van der Waals surface area contributed by atoms with Gasteiger partial charge in [0.15, 0.2) is 0 Å². The maximum atomic E-state index is 9.49. The van der Waals surface area contributed by atoms with Crippen LogP contribution in [-0.2, 0) is 0 Å². The van der Waals surface area contributed by atoms with Crippen LogP contribution in [0.5, 0.6) is 0 Å². The van der Waals surface area contributed by atoms with Gasteiger partial charge in [0.25, 0.3) is 0 Å². The summed E-state index contributed by atoms with van der Waals surface area (Å²) in [5.41, 5.74) is 0.916. The molecule has 0 aliphatic heterocycles. The lowest BCUT2D eigenvalue weighted by Gasteiger charge is -2.26. The van der Waals surface area contributed by atoms with Crippen LogP contribution in [0.25, 0.3) is 0 Å². The van der Waals surface area contributed by atoms with Gasteiger partial charge in [-0.2, -0.15) is 0 Å². The van der Waals surface area contributed by atoms with E-state index in [9.17, 15) is 5.11 Å². The number of rotatable bonds is 4. The number of pyridine rings is 1. The van der Waals surface area contributed by atoms with Crippen LogP contribution < -0.4 is 4.90 Å². The molecule has 0 spiro atoms. The van der Waals surface area contributed by atoms with Crippen LogP contribution in [0.3, 0.4) is 0 Å². The minimum atomic E-state index is -0.433. The highest BCUT2D eigenvalue weighted by molar-refractivity contribution is 5.42. The zero-order valence-electron chi connectivity index (χ0n) is 9.94. The molecule has 0 saturated heterocycles. The van der Waals surface area contributed by atoms with E-state index >= 15 is 0 Å². The van der Waals surface area contributed by atoms with Crippen LogP contribution >= 0.6 is 0 Å². The van der Waals surface area contributed by atoms with Crippen molar-refractivity contribution in [3.05, 3.63) is 23.9 Å². The van der Waals surface area contributed by atoms with Gasteiger partial charge in [0.05, 0.1) is 6.10 Å². The fourth-order valence-electron chi connectivity index (χ4n) is 1.64. The first-order valence-corrected chi connectivity index (χ1v) is 5.47. The van der Waals surface area contributed by atoms with E-state index < -0.39 is 6.10 Å². The third-order valence-corrected chi connectivity index (χ3v) is 2.51. The Balaban J connectivity index is 2.98. The molecule has 1 N–H and O–H groups in total. The molecular formula is C12H20N2O. The van der Waals surface area contributed by atoms with E-state index in [2.05, 4.69) is 30.7 Å². The molecule has 0 radical (unpaired) electrons. The summed E-state index contributed by atoms with van der Waals surface area (Å²) in [4.78, 5) is 6.53. The average Bonchev–Trinajstić information content (AvgIpc) is 2.18. The molecule has 0 fully saturated rings. The second-order valence-corrected chi connectivity index (χ2v) is 4.00. The highest BCUT2D eigenvalue weighted by atomic mass is 16.3. The van der Waals surface area contributed by atoms with E-state index in [0.29, 0.717) is 6.04 Å². The van der Waals surface area contributed by atoms with E-state index in [1.807, 2.05) is 12.1 Å². The summed E-state index contributed by atoms with van der Waals surface area (Å²) < 4.78 is 0. The second-order valence-electron chi connectivity index (χ2n) is 4.00. The first-order valence-electron chi connectivity index (χ1n) is 5.47. The molecule has 0 unspecified atom stereocenters. The molecule has 1 heterocycles. The van der Waals surface area contributed by atoms with Crippen LogP contribution in [0, 0.1) is 0 Å². The summed E-state index contributed by atoms with van der Waals surface area (Å²) in [7, 11) is 0. The van der Waals surface area contributed by atoms with Gasteiger partial charge in [0.2, 0.25) is 0 Å². The van der Waals surface area contributed by atoms with E-state index in [1.54, 1.807) is 13.1 Å². The van der Waals surface area contributed by atoms with Crippen molar-refractivity contribution in [3.63, 3.8) is 0 Å². The van der Waals surface area contributed by atoms with Crippen molar-refractivity contribution < 1.29 is 5.11 Å². The Labute approximate surface area is 91.8 Å². The molecular weight excluding hydrogens is 188 g/mol. The number of hydrogen-bond donors (Lipinski definition) is 1. The minimum Gasteiger partial charge on any atom is -0.389 e. The maximum Gasteiger partial charge on any atom is 0.129 e. The third kappa shape index (κ3) is 2.93. The van der Waals surface area contributed by atoms with E-state index in [-0.39, 0.29) is 0 Å². The lowest BCUT2D eigenvalue weighted by molar-refractivity contribution is 0.199. The molecule has 0 aliphatic carbocycles. The zero-order chi connectivity index (χ0) is 11.4. The monoisotopic (exact) mass is 208 g/mol. The zero-order valence-corrected chi connectivity index (χ0v) is 9.94. The minimum absolute atomic E-state index is 0.423. The fraction of sp³-hybridized carbons (Fsp3) is 0.583. The number of nitrogens with zero attached hydrogens (tertiary/aromatic N) is 2. The summed E-state index contributed by atoms with van der Waals surface area (Å²) in [6, 6.07) is 4.22. The highest BCUT2D eigenvalue weighted by Crippen LogP contribution is 2.19. The SMILES string of the molecule is CCN(c1cc([C@H](C)O)ccn1)C(C)C. The molecule has 1 rings (SSSR count). The number of aromatic nitrogens is 1. The summed E-state index contributed by atoms with van der Waals surface area (Å²) >= 11 is 0. The van der Waals surface area contributed by atoms with Crippen molar-refractivity contribution in [3.8, 4) is 0 Å². The summed E-state index contributed by atoms with van der Waals surface area (Å²) in [5.74, 6) is 0.936. The standard InChI is InChI=1S/C12H20N2O/c1-5-14(9(2)3)12-8-11(10(4)15)6-7-13-12/h6-10,15H,5H2,1-4H3/t10-/m0/s1. The van der Waals surface area contributed by atoms with E-state index in [4.69, 9.17) is 0 Å². The first kappa shape index (κ1) is 12.0. The molecule has 3 heteroatoms. The molecule has 0 amide bonds. The maximum absolute atomic E-state index is 9.49. The fourth-order valence-corrected chi connectivity index (χ4v) is 1.64. The van der Waals surface area contributed by atoms with Gasteiger partial charge in [0, 0.05) is 18.8 Å². The van der Waals surface area contributed by atoms with Crippen molar-refractivity contribution in [1.82, 2.24) is 4.98 Å². The number of aliphatic hydroxyl groups excluding tert-OH is 1. The molecule has 0 aliphatic rings. The van der Waals surface area contributed by atoms with Crippen molar-refractivity contribution in [2.24, 2.45) is 0 Å². The molecule has 0 aromatic carbocycles. The average molecular weight is 208 g/mol. The highest BCUT2D eigenvalue weighted by Gasteiger charge is 2.11. The molecule has 1 aromatic rings. The lowest BCUT2D eigenvalue weighted by atomic mass is 10.1. The number of aliphatic hydroxyl groups is 1. The van der Waals surface area contributed by atoms with Crippen molar-refractivity contribution in [1.29, 1.82) is 0 Å². The Morgan fingerprint density at radius 2 is 2.07 bits per heavy atom. The van der Waals surface area contributed by atoms with Gasteiger partial charge in [-0.25, -0.2) is 4.98 Å². The summed E-state index contributed by atoms with van der Waals surface area (Å²) in [6.45, 7) is 9.08. The van der Waals surface area contributed by atoms with Crippen LogP contribution in [0.2, 0.25) is 0 Å². The van der Waals surface area contributed by atoms with Crippen molar-refractivity contribution in [2.45, 2.75) is 39.8 Å². The molecule has 84 valence electrons. The van der Waals surface area contributed by atoms with E-state index in [0.717, 1.165) is 17.9 Å². The predicted octanol–water partition coefficient (Wildman–Crippen LogP) is 2.37. The predicted molar refractivity (Wildman–Crippen MR) is 63.0 cm³/mol. The smallest absolute Gasteiger partial charge is 0.129 e. The normalized spacial score (nSPS) is 12.9. The van der Waals surface area contributed by atoms with Gasteiger partial charge in [-0.15, -0.1) is 0 Å². The lowest BCUT2D eigenvalue weighted by Crippen LogP contribution is -2.31. The van der Waals surface area contributed by atoms with Gasteiger partial charge < -0.3 is 10.0 Å². The van der Waals surface area contributed by atoms with Gasteiger partial charge >= 0.3 is 0 Å². The molecule has 1 atom stereocenters. The quantitative estimate of drug-likeness (QED) is 0.825. The first-order chi connectivity index (χ1) is 7.06. The Kier molecular flexibility index (Phi) is 4.09. The topological polar surface area (TPSA) is 36.4 Å². The van der Waals surface area contributed by atoms with Gasteiger partial charge in [-0.05, 0) is 45.4 Å². The second kappa shape index (κ2) is 5.12. The number of hydrogen-bond acceptors (Lipinski definition) is 3. The molecule has 1 aromatic heterocycles. The molecule has 3 nitrogen and oxygen atoms in total. The summed E-state index contributed by atoms with van der Waals surface area (Å²) in [5, 5.41) is 9.49. The van der Waals surface area contributed by atoms with Crippen molar-refractivity contribution in [2.75, 3.05) is 11.4 Å². The van der Waals surface area contributed by atoms with Crippen LogP contribution in [0.15, 0.2) is 18.3 Å². The number of anilines is 1. The van der Waals surface area contributed by atoms with Crippen LogP contribution in [0.1, 0.15) is 39.4 Å². The van der Waals surface area contributed by atoms with Gasteiger partial charge in [-0.1, -0.05) is 0 Å². The Morgan fingerprint density at radius 1 is 1.40 bits per heavy atom. The molecule has 0 saturated carbocycles. The summed E-state index contributed by atoms with van der Waals surface area (Å²) in [6.07, 6.45) is 1.32. The van der Waals surface area contributed by atoms with E-state index in [1.165, 1.54) is 0 Å². The van der Waals surface area contributed by atoms with Crippen molar-refractivity contribution >= 4 is 5.82 Å². The van der Waals surface area contributed by atoms with Crippen LogP contribution in [-0.4, -0.2) is 22.7 Å². The largest absolute Gasteiger partial charge is 0.389 e. The Morgan fingerprint density at radius 3 is 2.53 bits per heavy atom. The third-order valence-electron chi connectivity index (χ3n) is 2.51. The molecule has 0 bridgehead atoms. The Bertz CT molecular complexity index is 310. The van der Waals surface area contributed by atoms with Crippen LogP contribution in [0.4, 0.5) is 5.82 Å². The van der Waals surface area contributed by atoms with Gasteiger partial charge in [0.1, 0.15) is 5.82 Å². The van der Waals surface area contributed by atoms with Gasteiger partial charge in [-0.3, -0.25) is 0 Å². The molecule has 15 heavy (non-hydrogen) atoms. The Hall–Kier alpha value is -1.09.